The fourth-order valence-electron chi connectivity index (χ4n) is 1.44. The van der Waals surface area contributed by atoms with Crippen LogP contribution in [0.2, 0.25) is 0 Å². The normalized spacial score (nSPS) is 28.0. The maximum absolute atomic E-state index is 11.7. The van der Waals surface area contributed by atoms with Gasteiger partial charge >= 0.3 is 0 Å². The second kappa shape index (κ2) is 4.36. The van der Waals surface area contributed by atoms with Gasteiger partial charge in [0.05, 0.1) is 4.75 Å². The molecule has 1 atom stereocenters. The molecule has 13 heavy (non-hydrogen) atoms. The van der Waals surface area contributed by atoms with Crippen molar-refractivity contribution < 1.29 is 4.79 Å². The largest absolute Gasteiger partial charge is 0.355 e. The van der Waals surface area contributed by atoms with Gasteiger partial charge in [-0.2, -0.15) is 0 Å². The predicted octanol–water partition coefficient (Wildman–Crippen LogP) is 2.04. The zero-order chi connectivity index (χ0) is 9.90. The molecule has 0 aromatic carbocycles. The van der Waals surface area contributed by atoms with Crippen molar-refractivity contribution in [2.45, 2.75) is 38.4 Å². The van der Waals surface area contributed by atoms with E-state index in [1.807, 2.05) is 0 Å². The molecule has 1 amide bonds. The smallest absolute Gasteiger partial charge is 0.235 e. The average Bonchev–Trinajstić information content (AvgIpc) is 2.49. The zero-order valence-corrected chi connectivity index (χ0v) is 9.54. The third-order valence-corrected chi connectivity index (χ3v) is 3.89. The monoisotopic (exact) mass is 201 g/mol. The summed E-state index contributed by atoms with van der Waals surface area (Å²) in [7, 11) is 0. The molecule has 76 valence electrons. The summed E-state index contributed by atoms with van der Waals surface area (Å²) in [5.74, 6) is 1.90. The van der Waals surface area contributed by atoms with Gasteiger partial charge in [0.1, 0.15) is 0 Å². The Kier molecular flexibility index (Phi) is 3.65. The highest BCUT2D eigenvalue weighted by Crippen LogP contribution is 2.37. The van der Waals surface area contributed by atoms with Crippen molar-refractivity contribution in [2.75, 3.05) is 12.3 Å². The molecule has 2 nitrogen and oxygen atoms in total. The van der Waals surface area contributed by atoms with E-state index in [-0.39, 0.29) is 10.7 Å². The van der Waals surface area contributed by atoms with E-state index in [1.54, 1.807) is 11.8 Å². The molecule has 1 aliphatic heterocycles. The first-order chi connectivity index (χ1) is 6.04. The molecule has 0 aromatic heterocycles. The minimum Gasteiger partial charge on any atom is -0.355 e. The number of thioether (sulfide) groups is 1. The Hall–Kier alpha value is -0.180. The summed E-state index contributed by atoms with van der Waals surface area (Å²) < 4.78 is -0.144. The third kappa shape index (κ3) is 2.90. The Morgan fingerprint density at radius 2 is 2.31 bits per heavy atom. The quantitative estimate of drug-likeness (QED) is 0.757. The summed E-state index contributed by atoms with van der Waals surface area (Å²) in [6, 6.07) is 0. The van der Waals surface area contributed by atoms with Crippen LogP contribution < -0.4 is 5.32 Å². The van der Waals surface area contributed by atoms with Crippen molar-refractivity contribution in [1.29, 1.82) is 0 Å². The van der Waals surface area contributed by atoms with Crippen LogP contribution in [0.4, 0.5) is 0 Å². The van der Waals surface area contributed by atoms with Crippen LogP contribution in [0.3, 0.4) is 0 Å². The maximum Gasteiger partial charge on any atom is 0.235 e. The molecule has 1 aliphatic rings. The van der Waals surface area contributed by atoms with E-state index in [9.17, 15) is 4.79 Å². The lowest BCUT2D eigenvalue weighted by Crippen LogP contribution is -2.41. The molecule has 1 saturated heterocycles. The lowest BCUT2D eigenvalue weighted by molar-refractivity contribution is -0.123. The summed E-state index contributed by atoms with van der Waals surface area (Å²) in [5.41, 5.74) is 0. The molecule has 3 heteroatoms. The van der Waals surface area contributed by atoms with Gasteiger partial charge in [0.2, 0.25) is 5.91 Å². The highest BCUT2D eigenvalue weighted by atomic mass is 32.2. The van der Waals surface area contributed by atoms with E-state index in [0.717, 1.165) is 18.7 Å². The van der Waals surface area contributed by atoms with Crippen LogP contribution in [0.1, 0.15) is 33.6 Å². The predicted molar refractivity (Wildman–Crippen MR) is 57.9 cm³/mol. The van der Waals surface area contributed by atoms with Crippen molar-refractivity contribution in [2.24, 2.45) is 5.92 Å². The summed E-state index contributed by atoms with van der Waals surface area (Å²) in [4.78, 5) is 11.7. The SMILES string of the molecule is CC(C)CNC(=O)C1(C)CCCS1. The van der Waals surface area contributed by atoms with E-state index in [2.05, 4.69) is 26.1 Å². The Morgan fingerprint density at radius 1 is 1.62 bits per heavy atom. The topological polar surface area (TPSA) is 29.1 Å². The summed E-state index contributed by atoms with van der Waals surface area (Å²) in [6.07, 6.45) is 2.21. The Balaban J connectivity index is 2.38. The number of nitrogens with one attached hydrogen (secondary N) is 1. The van der Waals surface area contributed by atoms with Crippen LogP contribution in [0.5, 0.6) is 0 Å². The van der Waals surface area contributed by atoms with Crippen LogP contribution in [0, 0.1) is 5.92 Å². The summed E-state index contributed by atoms with van der Waals surface area (Å²) in [5, 5.41) is 3.00. The number of carbonyl (C=O) groups excluding carboxylic acids is 1. The lowest BCUT2D eigenvalue weighted by atomic mass is 10.0. The second-order valence-electron chi connectivity index (χ2n) is 4.29. The highest BCUT2D eigenvalue weighted by molar-refractivity contribution is 8.01. The number of hydrogen-bond donors (Lipinski definition) is 1. The molecule has 0 spiro atoms. The van der Waals surface area contributed by atoms with Crippen LogP contribution in [0.25, 0.3) is 0 Å². The van der Waals surface area contributed by atoms with Crippen molar-refractivity contribution in [1.82, 2.24) is 5.32 Å². The van der Waals surface area contributed by atoms with E-state index >= 15 is 0 Å². The lowest BCUT2D eigenvalue weighted by Gasteiger charge is -2.22. The van der Waals surface area contributed by atoms with Crippen LogP contribution in [0.15, 0.2) is 0 Å². The molecule has 0 bridgehead atoms. The van der Waals surface area contributed by atoms with E-state index in [4.69, 9.17) is 0 Å². The first kappa shape index (κ1) is 10.9. The number of hydrogen-bond acceptors (Lipinski definition) is 2. The first-order valence-electron chi connectivity index (χ1n) is 4.97. The molecule has 0 aromatic rings. The minimum absolute atomic E-state index is 0.144. The Morgan fingerprint density at radius 3 is 2.77 bits per heavy atom. The van der Waals surface area contributed by atoms with Gasteiger partial charge in [-0.15, -0.1) is 11.8 Å². The maximum atomic E-state index is 11.7. The fraction of sp³-hybridized carbons (Fsp3) is 0.900. The molecule has 0 saturated carbocycles. The van der Waals surface area contributed by atoms with Gasteiger partial charge in [0.15, 0.2) is 0 Å². The number of carbonyl (C=O) groups is 1. The van der Waals surface area contributed by atoms with E-state index in [0.29, 0.717) is 5.92 Å². The molecular formula is C10H19NOS. The molecule has 1 N–H and O–H groups in total. The Labute approximate surface area is 84.9 Å². The average molecular weight is 201 g/mol. The number of rotatable bonds is 3. The van der Waals surface area contributed by atoms with Crippen LogP contribution in [-0.4, -0.2) is 23.0 Å². The van der Waals surface area contributed by atoms with Crippen molar-refractivity contribution >= 4 is 17.7 Å². The van der Waals surface area contributed by atoms with E-state index in [1.165, 1.54) is 6.42 Å². The fourth-order valence-corrected chi connectivity index (χ4v) is 2.67. The molecule has 1 heterocycles. The third-order valence-electron chi connectivity index (χ3n) is 2.37. The van der Waals surface area contributed by atoms with Crippen LogP contribution >= 0.6 is 11.8 Å². The van der Waals surface area contributed by atoms with Crippen LogP contribution in [-0.2, 0) is 4.79 Å². The van der Waals surface area contributed by atoms with Gasteiger partial charge in [-0.05, 0) is 31.4 Å². The summed E-state index contributed by atoms with van der Waals surface area (Å²) >= 11 is 1.79. The summed E-state index contributed by atoms with van der Waals surface area (Å²) in [6.45, 7) is 7.09. The molecule has 0 aliphatic carbocycles. The van der Waals surface area contributed by atoms with E-state index < -0.39 is 0 Å². The van der Waals surface area contributed by atoms with Crippen molar-refractivity contribution in [3.05, 3.63) is 0 Å². The zero-order valence-electron chi connectivity index (χ0n) is 8.72. The second-order valence-corrected chi connectivity index (χ2v) is 5.88. The minimum atomic E-state index is -0.144. The van der Waals surface area contributed by atoms with Crippen molar-refractivity contribution in [3.8, 4) is 0 Å². The Bertz CT molecular complexity index is 185. The molecular weight excluding hydrogens is 182 g/mol. The molecule has 1 rings (SSSR count). The number of amides is 1. The molecule has 1 unspecified atom stereocenters. The van der Waals surface area contributed by atoms with Gasteiger partial charge in [0, 0.05) is 6.54 Å². The van der Waals surface area contributed by atoms with Gasteiger partial charge in [-0.3, -0.25) is 4.79 Å². The van der Waals surface area contributed by atoms with Gasteiger partial charge in [0.25, 0.3) is 0 Å². The molecule has 1 fully saturated rings. The van der Waals surface area contributed by atoms with Gasteiger partial charge in [-0.25, -0.2) is 0 Å². The molecule has 0 radical (unpaired) electrons. The highest BCUT2D eigenvalue weighted by Gasteiger charge is 2.36. The first-order valence-corrected chi connectivity index (χ1v) is 5.95. The standard InChI is InChI=1S/C10H19NOS/c1-8(2)7-11-9(12)10(3)5-4-6-13-10/h8H,4-7H2,1-3H3,(H,11,12). The van der Waals surface area contributed by atoms with Crippen molar-refractivity contribution in [3.63, 3.8) is 0 Å². The van der Waals surface area contributed by atoms with Gasteiger partial charge in [-0.1, -0.05) is 13.8 Å². The van der Waals surface area contributed by atoms with Gasteiger partial charge < -0.3 is 5.32 Å².